The molecule has 0 amide bonds. The van der Waals surface area contributed by atoms with Crippen LogP contribution >= 0.6 is 0 Å². The van der Waals surface area contributed by atoms with E-state index in [9.17, 15) is 0 Å². The monoisotopic (exact) mass is 241 g/mol. The van der Waals surface area contributed by atoms with E-state index in [1.807, 2.05) is 40.1 Å². The average molecular weight is 241 g/mol. The number of aryl methyl sites for hydroxylation is 3. The summed E-state index contributed by atoms with van der Waals surface area (Å²) >= 11 is 0. The van der Waals surface area contributed by atoms with E-state index in [1.54, 1.807) is 0 Å². The van der Waals surface area contributed by atoms with Crippen molar-refractivity contribution in [2.45, 2.75) is 26.8 Å². The van der Waals surface area contributed by atoms with Crippen LogP contribution in [0.15, 0.2) is 30.5 Å². The van der Waals surface area contributed by atoms with Crippen LogP contribution in [0.1, 0.15) is 34.3 Å². The molecule has 0 saturated carbocycles. The molecule has 18 heavy (non-hydrogen) atoms. The van der Waals surface area contributed by atoms with Gasteiger partial charge in [0.25, 0.3) is 0 Å². The third-order valence-electron chi connectivity index (χ3n) is 2.99. The lowest BCUT2D eigenvalue weighted by Gasteiger charge is -2.18. The standard InChI is InChI=1S/C15H19N3/c1-10-5-6-13(9-17-10)15(16-4)14-7-11(2)18-12(3)8-14/h5-9,15-16H,1-4H3. The maximum Gasteiger partial charge on any atom is 0.0590 e. The Morgan fingerprint density at radius 3 is 2.11 bits per heavy atom. The van der Waals surface area contributed by atoms with Crippen LogP contribution in [0.2, 0.25) is 0 Å². The fourth-order valence-electron chi connectivity index (χ4n) is 2.21. The Kier molecular flexibility index (Phi) is 3.72. The van der Waals surface area contributed by atoms with Gasteiger partial charge in [-0.25, -0.2) is 0 Å². The molecule has 3 nitrogen and oxygen atoms in total. The van der Waals surface area contributed by atoms with Gasteiger partial charge in [0.15, 0.2) is 0 Å². The van der Waals surface area contributed by atoms with Crippen LogP contribution in [0, 0.1) is 20.8 Å². The first-order valence-electron chi connectivity index (χ1n) is 6.15. The van der Waals surface area contributed by atoms with Gasteiger partial charge in [-0.2, -0.15) is 0 Å². The van der Waals surface area contributed by atoms with Crippen molar-refractivity contribution in [3.8, 4) is 0 Å². The van der Waals surface area contributed by atoms with Crippen LogP contribution < -0.4 is 5.32 Å². The summed E-state index contributed by atoms with van der Waals surface area (Å²) in [6.45, 7) is 6.05. The van der Waals surface area contributed by atoms with Gasteiger partial charge < -0.3 is 5.32 Å². The van der Waals surface area contributed by atoms with Crippen LogP contribution in [0.25, 0.3) is 0 Å². The number of nitrogens with zero attached hydrogens (tertiary/aromatic N) is 2. The molecule has 0 aliphatic heterocycles. The Morgan fingerprint density at radius 1 is 0.944 bits per heavy atom. The van der Waals surface area contributed by atoms with Crippen LogP contribution in [-0.2, 0) is 0 Å². The smallest absolute Gasteiger partial charge is 0.0590 e. The molecule has 0 bridgehead atoms. The summed E-state index contributed by atoms with van der Waals surface area (Å²) < 4.78 is 0. The molecule has 2 heterocycles. The number of rotatable bonds is 3. The van der Waals surface area contributed by atoms with Crippen LogP contribution in [0.5, 0.6) is 0 Å². The minimum Gasteiger partial charge on any atom is -0.309 e. The summed E-state index contributed by atoms with van der Waals surface area (Å²) in [4.78, 5) is 8.78. The molecule has 1 unspecified atom stereocenters. The Labute approximate surface area is 108 Å². The zero-order valence-electron chi connectivity index (χ0n) is 11.4. The van der Waals surface area contributed by atoms with Gasteiger partial charge in [0.2, 0.25) is 0 Å². The summed E-state index contributed by atoms with van der Waals surface area (Å²) in [5.74, 6) is 0. The molecule has 0 fully saturated rings. The molecule has 0 spiro atoms. The lowest BCUT2D eigenvalue weighted by atomic mass is 9.99. The van der Waals surface area contributed by atoms with Gasteiger partial charge in [-0.15, -0.1) is 0 Å². The fourth-order valence-corrected chi connectivity index (χ4v) is 2.21. The predicted octanol–water partition coefficient (Wildman–Crippen LogP) is 2.71. The summed E-state index contributed by atoms with van der Waals surface area (Å²) in [7, 11) is 1.97. The van der Waals surface area contributed by atoms with Crippen molar-refractivity contribution in [1.29, 1.82) is 0 Å². The van der Waals surface area contributed by atoms with Gasteiger partial charge in [-0.3, -0.25) is 9.97 Å². The van der Waals surface area contributed by atoms with E-state index in [0.29, 0.717) is 0 Å². The number of pyridine rings is 2. The van der Waals surface area contributed by atoms with Gasteiger partial charge in [-0.1, -0.05) is 6.07 Å². The topological polar surface area (TPSA) is 37.8 Å². The summed E-state index contributed by atoms with van der Waals surface area (Å²) in [6, 6.07) is 8.57. The first-order valence-corrected chi connectivity index (χ1v) is 6.15. The second-order valence-corrected chi connectivity index (χ2v) is 4.64. The van der Waals surface area contributed by atoms with Gasteiger partial charge in [-0.05, 0) is 57.1 Å². The highest BCUT2D eigenvalue weighted by atomic mass is 14.9. The number of hydrogen-bond acceptors (Lipinski definition) is 3. The van der Waals surface area contributed by atoms with E-state index >= 15 is 0 Å². The molecule has 0 radical (unpaired) electrons. The molecule has 2 aromatic rings. The van der Waals surface area contributed by atoms with E-state index in [1.165, 1.54) is 11.1 Å². The second kappa shape index (κ2) is 5.27. The van der Waals surface area contributed by atoms with Gasteiger partial charge in [0, 0.05) is 23.3 Å². The SMILES string of the molecule is CNC(c1ccc(C)nc1)c1cc(C)nc(C)c1. The van der Waals surface area contributed by atoms with Crippen LogP contribution in [0.4, 0.5) is 0 Å². The molecule has 0 aromatic carbocycles. The summed E-state index contributed by atoms with van der Waals surface area (Å²) in [6.07, 6.45) is 1.93. The van der Waals surface area contributed by atoms with E-state index in [4.69, 9.17) is 0 Å². The third-order valence-corrected chi connectivity index (χ3v) is 2.99. The highest BCUT2D eigenvalue weighted by Gasteiger charge is 2.13. The molecule has 1 atom stereocenters. The molecule has 0 aliphatic carbocycles. The molecule has 0 saturated heterocycles. The van der Waals surface area contributed by atoms with Crippen LogP contribution in [0.3, 0.4) is 0 Å². The molecule has 0 aliphatic rings. The van der Waals surface area contributed by atoms with Gasteiger partial charge in [0.05, 0.1) is 6.04 Å². The Balaban J connectivity index is 2.41. The Hall–Kier alpha value is -1.74. The largest absolute Gasteiger partial charge is 0.309 e. The molecule has 3 heteroatoms. The normalized spacial score (nSPS) is 12.4. The van der Waals surface area contributed by atoms with Crippen molar-refractivity contribution in [2.75, 3.05) is 7.05 Å². The lowest BCUT2D eigenvalue weighted by Crippen LogP contribution is -2.18. The van der Waals surface area contributed by atoms with Crippen molar-refractivity contribution in [3.05, 3.63) is 58.7 Å². The van der Waals surface area contributed by atoms with Crippen molar-refractivity contribution in [1.82, 2.24) is 15.3 Å². The zero-order valence-corrected chi connectivity index (χ0v) is 11.4. The summed E-state index contributed by atoms with van der Waals surface area (Å²) in [5.41, 5.74) is 5.53. The maximum absolute atomic E-state index is 4.42. The molecule has 2 rings (SSSR count). The van der Waals surface area contributed by atoms with Crippen molar-refractivity contribution < 1.29 is 0 Å². The second-order valence-electron chi connectivity index (χ2n) is 4.64. The Morgan fingerprint density at radius 2 is 1.61 bits per heavy atom. The minimum absolute atomic E-state index is 0.165. The number of hydrogen-bond donors (Lipinski definition) is 1. The molecular formula is C15H19N3. The molecular weight excluding hydrogens is 222 g/mol. The fraction of sp³-hybridized carbons (Fsp3) is 0.333. The highest BCUT2D eigenvalue weighted by Crippen LogP contribution is 2.22. The maximum atomic E-state index is 4.42. The Bertz CT molecular complexity index is 512. The molecule has 2 aromatic heterocycles. The predicted molar refractivity (Wildman–Crippen MR) is 73.6 cm³/mol. The van der Waals surface area contributed by atoms with Crippen molar-refractivity contribution in [3.63, 3.8) is 0 Å². The van der Waals surface area contributed by atoms with E-state index in [-0.39, 0.29) is 6.04 Å². The van der Waals surface area contributed by atoms with E-state index < -0.39 is 0 Å². The molecule has 1 N–H and O–H groups in total. The van der Waals surface area contributed by atoms with Crippen LogP contribution in [-0.4, -0.2) is 17.0 Å². The number of nitrogens with one attached hydrogen (secondary N) is 1. The van der Waals surface area contributed by atoms with Crippen molar-refractivity contribution >= 4 is 0 Å². The zero-order chi connectivity index (χ0) is 13.1. The molecule has 94 valence electrons. The van der Waals surface area contributed by atoms with E-state index in [2.05, 4.69) is 33.5 Å². The third kappa shape index (κ3) is 2.74. The van der Waals surface area contributed by atoms with Gasteiger partial charge >= 0.3 is 0 Å². The minimum atomic E-state index is 0.165. The van der Waals surface area contributed by atoms with Crippen molar-refractivity contribution in [2.24, 2.45) is 0 Å². The summed E-state index contributed by atoms with van der Waals surface area (Å²) in [5, 5.41) is 3.34. The van der Waals surface area contributed by atoms with Gasteiger partial charge in [0.1, 0.15) is 0 Å². The quantitative estimate of drug-likeness (QED) is 0.897. The highest BCUT2D eigenvalue weighted by molar-refractivity contribution is 5.32. The first-order chi connectivity index (χ1) is 8.60. The number of aromatic nitrogens is 2. The average Bonchev–Trinajstić information content (AvgIpc) is 2.31. The first kappa shape index (κ1) is 12.7. The lowest BCUT2D eigenvalue weighted by molar-refractivity contribution is 0.685. The van der Waals surface area contributed by atoms with E-state index in [0.717, 1.165) is 17.1 Å².